The first kappa shape index (κ1) is 27.3. The molecule has 1 aromatic heterocycles. The Morgan fingerprint density at radius 1 is 1.00 bits per heavy atom. The Balaban J connectivity index is 2.16. The average Bonchev–Trinajstić information content (AvgIpc) is 2.75. The molecule has 1 N–H and O–H groups in total. The highest BCUT2D eigenvalue weighted by Gasteiger charge is 2.73. The molecule has 3 rings (SSSR count). The van der Waals surface area contributed by atoms with E-state index in [2.05, 4.69) is 4.98 Å². The number of aromatic nitrogens is 1. The van der Waals surface area contributed by atoms with E-state index in [0.29, 0.717) is 10.9 Å². The third-order valence-electron chi connectivity index (χ3n) is 4.68. The SMILES string of the molecule is O=C(c1ccc2cccnc2c1)N(O)c1c(I)cc(C(F)(C(F)(F)F)C(F)(F)F)cc1SC(F)F. The van der Waals surface area contributed by atoms with Crippen LogP contribution in [-0.2, 0) is 5.67 Å². The number of fused-ring (bicyclic) bond motifs is 1. The number of alkyl halides is 9. The third kappa shape index (κ3) is 5.16. The Labute approximate surface area is 208 Å². The normalized spacial score (nSPS) is 12.9. The van der Waals surface area contributed by atoms with Crippen LogP contribution in [0.2, 0.25) is 0 Å². The zero-order valence-corrected chi connectivity index (χ0v) is 19.6. The molecule has 0 radical (unpaired) electrons. The number of anilines is 1. The van der Waals surface area contributed by atoms with Gasteiger partial charge in [0.2, 0.25) is 0 Å². The Kier molecular flexibility index (Phi) is 7.53. The molecule has 0 aliphatic heterocycles. The molecular formula is C20H10F9IN2O2S. The lowest BCUT2D eigenvalue weighted by atomic mass is 9.94. The lowest BCUT2D eigenvalue weighted by molar-refractivity contribution is -0.348. The fourth-order valence-electron chi connectivity index (χ4n) is 3.08. The quantitative estimate of drug-likeness (QED) is 0.103. The fourth-order valence-corrected chi connectivity index (χ4v) is 4.81. The molecule has 0 bridgehead atoms. The third-order valence-corrected chi connectivity index (χ3v) is 6.25. The van der Waals surface area contributed by atoms with Gasteiger partial charge in [0.25, 0.3) is 11.7 Å². The topological polar surface area (TPSA) is 53.4 Å². The van der Waals surface area contributed by atoms with Crippen molar-refractivity contribution >= 4 is 56.9 Å². The van der Waals surface area contributed by atoms with Crippen LogP contribution in [0.15, 0.2) is 53.6 Å². The lowest BCUT2D eigenvalue weighted by Gasteiger charge is -2.31. The van der Waals surface area contributed by atoms with Crippen LogP contribution in [0.4, 0.5) is 45.2 Å². The summed E-state index contributed by atoms with van der Waals surface area (Å²) in [6, 6.07) is 7.11. The van der Waals surface area contributed by atoms with Crippen molar-refractivity contribution in [2.45, 2.75) is 28.7 Å². The summed E-state index contributed by atoms with van der Waals surface area (Å²) in [6.45, 7) is 0. The van der Waals surface area contributed by atoms with E-state index in [9.17, 15) is 49.5 Å². The van der Waals surface area contributed by atoms with Gasteiger partial charge in [0, 0.05) is 31.2 Å². The molecule has 0 saturated heterocycles. The smallest absolute Gasteiger partial charge is 0.281 e. The zero-order valence-electron chi connectivity index (χ0n) is 16.6. The Morgan fingerprint density at radius 3 is 2.20 bits per heavy atom. The summed E-state index contributed by atoms with van der Waals surface area (Å²) in [4.78, 5) is 15.7. The van der Waals surface area contributed by atoms with Gasteiger partial charge in [0.05, 0.1) is 11.2 Å². The minimum Gasteiger partial charge on any atom is -0.281 e. The van der Waals surface area contributed by atoms with E-state index in [1.807, 2.05) is 0 Å². The molecule has 35 heavy (non-hydrogen) atoms. The summed E-state index contributed by atoms with van der Waals surface area (Å²) >= 11 is 0.540. The van der Waals surface area contributed by atoms with Crippen molar-refractivity contribution in [1.82, 2.24) is 4.98 Å². The number of hydrogen-bond donors (Lipinski definition) is 1. The van der Waals surface area contributed by atoms with E-state index < -0.39 is 61.2 Å². The van der Waals surface area contributed by atoms with Crippen LogP contribution in [0.1, 0.15) is 15.9 Å². The first-order valence-electron chi connectivity index (χ1n) is 9.07. The molecule has 0 aliphatic carbocycles. The summed E-state index contributed by atoms with van der Waals surface area (Å²) in [5.74, 6) is -4.66. The average molecular weight is 640 g/mol. The molecule has 2 aromatic carbocycles. The van der Waals surface area contributed by atoms with Gasteiger partial charge in [-0.1, -0.05) is 23.9 Å². The van der Waals surface area contributed by atoms with Crippen LogP contribution < -0.4 is 5.06 Å². The van der Waals surface area contributed by atoms with Crippen LogP contribution in [-0.4, -0.2) is 34.2 Å². The number of carbonyl (C=O) groups excluding carboxylic acids is 1. The van der Waals surface area contributed by atoms with E-state index in [1.54, 1.807) is 12.1 Å². The highest BCUT2D eigenvalue weighted by molar-refractivity contribution is 14.1. The highest BCUT2D eigenvalue weighted by Crippen LogP contribution is 2.55. The largest absolute Gasteiger partial charge is 0.435 e. The van der Waals surface area contributed by atoms with Crippen LogP contribution >= 0.6 is 34.4 Å². The van der Waals surface area contributed by atoms with E-state index in [1.165, 1.54) is 24.4 Å². The number of halogens is 10. The van der Waals surface area contributed by atoms with Gasteiger partial charge in [-0.2, -0.15) is 40.2 Å². The van der Waals surface area contributed by atoms with Crippen LogP contribution in [0.5, 0.6) is 0 Å². The summed E-state index contributed by atoms with van der Waals surface area (Å²) in [5, 5.41) is 10.9. The standard InChI is InChI=1S/C20H10F9IN2O2S/c21-17(22)35-14-8-11(18(23,19(24,25)26)20(27,28)29)7-12(30)15(14)32(34)16(33)10-4-3-9-2-1-5-31-13(9)6-10/h1-8,17,34H. The van der Waals surface area contributed by atoms with Crippen LogP contribution in [0.3, 0.4) is 0 Å². The van der Waals surface area contributed by atoms with Gasteiger partial charge in [-0.05, 0) is 52.9 Å². The van der Waals surface area contributed by atoms with Gasteiger partial charge in [-0.15, -0.1) is 0 Å². The maximum absolute atomic E-state index is 14.5. The van der Waals surface area contributed by atoms with Crippen molar-refractivity contribution in [1.29, 1.82) is 0 Å². The molecule has 3 aromatic rings. The number of pyridine rings is 1. The number of hydrogen-bond acceptors (Lipinski definition) is 4. The predicted octanol–water partition coefficient (Wildman–Crippen LogP) is 7.48. The Hall–Kier alpha value is -2.27. The van der Waals surface area contributed by atoms with Crippen molar-refractivity contribution < 1.29 is 49.5 Å². The fraction of sp³-hybridized carbons (Fsp3) is 0.200. The second kappa shape index (κ2) is 9.65. The minimum atomic E-state index is -6.49. The van der Waals surface area contributed by atoms with Crippen molar-refractivity contribution in [3.8, 4) is 0 Å². The first-order valence-corrected chi connectivity index (χ1v) is 11.0. The first-order chi connectivity index (χ1) is 16.1. The number of nitrogens with zero attached hydrogens (tertiary/aromatic N) is 2. The summed E-state index contributed by atoms with van der Waals surface area (Å²) in [6.07, 6.45) is -11.6. The number of hydroxylamine groups is 1. The number of benzene rings is 2. The second-order valence-corrected chi connectivity index (χ2v) is 9.06. The van der Waals surface area contributed by atoms with Crippen molar-refractivity contribution in [2.75, 3.05) is 5.06 Å². The van der Waals surface area contributed by atoms with Gasteiger partial charge in [-0.3, -0.25) is 15.0 Å². The van der Waals surface area contributed by atoms with Crippen molar-refractivity contribution in [3.63, 3.8) is 0 Å². The molecule has 0 atom stereocenters. The molecule has 0 spiro atoms. The molecule has 0 aliphatic rings. The lowest BCUT2D eigenvalue weighted by Crippen LogP contribution is -2.50. The molecule has 1 heterocycles. The summed E-state index contributed by atoms with van der Waals surface area (Å²) < 4.78 is 119. The molecule has 0 fully saturated rings. The molecule has 1 amide bonds. The molecular weight excluding hydrogens is 630 g/mol. The van der Waals surface area contributed by atoms with Crippen molar-refractivity contribution in [3.05, 3.63) is 63.4 Å². The van der Waals surface area contributed by atoms with E-state index in [4.69, 9.17) is 0 Å². The van der Waals surface area contributed by atoms with E-state index in [0.717, 1.165) is 22.6 Å². The molecule has 15 heteroatoms. The minimum absolute atomic E-state index is 0.0743. The number of thioether (sulfide) groups is 1. The van der Waals surface area contributed by atoms with Gasteiger partial charge in [0.1, 0.15) is 0 Å². The summed E-state index contributed by atoms with van der Waals surface area (Å²) in [5.41, 5.74) is -8.71. The Bertz CT molecular complexity index is 1250. The molecule has 4 nitrogen and oxygen atoms in total. The van der Waals surface area contributed by atoms with Gasteiger partial charge >= 0.3 is 18.0 Å². The summed E-state index contributed by atoms with van der Waals surface area (Å²) in [7, 11) is 0. The van der Waals surface area contributed by atoms with Crippen LogP contribution in [0.25, 0.3) is 10.9 Å². The zero-order chi connectivity index (χ0) is 26.3. The second-order valence-electron chi connectivity index (χ2n) is 6.87. The molecule has 0 unspecified atom stereocenters. The molecule has 188 valence electrons. The molecule has 0 saturated carbocycles. The van der Waals surface area contributed by atoms with Gasteiger partial charge in [-0.25, -0.2) is 4.39 Å². The number of amides is 1. The number of rotatable bonds is 5. The maximum Gasteiger partial charge on any atom is 0.435 e. The van der Waals surface area contributed by atoms with Gasteiger partial charge in [0.15, 0.2) is 0 Å². The van der Waals surface area contributed by atoms with Crippen LogP contribution in [0, 0.1) is 3.57 Å². The highest BCUT2D eigenvalue weighted by atomic mass is 127. The van der Waals surface area contributed by atoms with E-state index >= 15 is 0 Å². The maximum atomic E-state index is 14.5. The van der Waals surface area contributed by atoms with Gasteiger partial charge < -0.3 is 0 Å². The number of carbonyl (C=O) groups is 1. The Morgan fingerprint density at radius 2 is 1.63 bits per heavy atom. The van der Waals surface area contributed by atoms with E-state index in [-0.39, 0.29) is 22.8 Å². The monoisotopic (exact) mass is 640 g/mol. The predicted molar refractivity (Wildman–Crippen MR) is 116 cm³/mol. The van der Waals surface area contributed by atoms with Crippen molar-refractivity contribution in [2.24, 2.45) is 0 Å².